The van der Waals surface area contributed by atoms with Crippen LogP contribution in [0.1, 0.15) is 29.5 Å². The number of hydrogen-bond acceptors (Lipinski definition) is 2. The van der Waals surface area contributed by atoms with Crippen LogP contribution in [-0.2, 0) is 13.2 Å². The molecule has 2 aromatic carbocycles. The molecule has 1 aliphatic rings. The van der Waals surface area contributed by atoms with E-state index in [1.165, 1.54) is 24.5 Å². The van der Waals surface area contributed by atoms with Gasteiger partial charge in [0.05, 0.1) is 0 Å². The first-order valence-electron chi connectivity index (χ1n) is 7.41. The Balaban J connectivity index is 1.66. The van der Waals surface area contributed by atoms with Gasteiger partial charge in [0.25, 0.3) is 0 Å². The Morgan fingerprint density at radius 3 is 2.71 bits per heavy atom. The molecule has 0 atom stereocenters. The van der Waals surface area contributed by atoms with E-state index < -0.39 is 0 Å². The maximum absolute atomic E-state index is 13.1. The van der Waals surface area contributed by atoms with Crippen LogP contribution in [0, 0.1) is 12.7 Å². The molecule has 0 aromatic heterocycles. The van der Waals surface area contributed by atoms with Crippen LogP contribution in [0.3, 0.4) is 0 Å². The molecule has 0 saturated heterocycles. The van der Waals surface area contributed by atoms with E-state index in [1.807, 2.05) is 25.1 Å². The van der Waals surface area contributed by atoms with Gasteiger partial charge in [0.1, 0.15) is 18.2 Å². The highest BCUT2D eigenvalue weighted by Crippen LogP contribution is 2.23. The maximum atomic E-state index is 13.1. The van der Waals surface area contributed by atoms with Crippen molar-refractivity contribution in [2.75, 3.05) is 0 Å². The van der Waals surface area contributed by atoms with Crippen LogP contribution in [0.5, 0.6) is 5.75 Å². The molecule has 0 amide bonds. The van der Waals surface area contributed by atoms with E-state index in [0.717, 1.165) is 23.4 Å². The molecule has 2 aromatic rings. The zero-order valence-electron chi connectivity index (χ0n) is 12.2. The molecule has 1 aliphatic carbocycles. The number of ether oxygens (including phenoxy) is 1. The second-order valence-corrected chi connectivity index (χ2v) is 5.62. The van der Waals surface area contributed by atoms with Crippen molar-refractivity contribution >= 4 is 0 Å². The fourth-order valence-electron chi connectivity index (χ4n) is 2.31. The Labute approximate surface area is 125 Å². The lowest BCUT2D eigenvalue weighted by Gasteiger charge is -2.13. The number of aryl methyl sites for hydroxylation is 1. The van der Waals surface area contributed by atoms with Crippen LogP contribution in [-0.4, -0.2) is 6.04 Å². The largest absolute Gasteiger partial charge is 0.489 e. The SMILES string of the molecule is Cc1cc(F)ccc1COc1ccccc1CNC1CC1. The Morgan fingerprint density at radius 1 is 1.14 bits per heavy atom. The van der Waals surface area contributed by atoms with Gasteiger partial charge in [0.15, 0.2) is 0 Å². The lowest BCUT2D eigenvalue weighted by Crippen LogP contribution is -2.16. The summed E-state index contributed by atoms with van der Waals surface area (Å²) in [5.41, 5.74) is 3.11. The van der Waals surface area contributed by atoms with Crippen LogP contribution < -0.4 is 10.1 Å². The predicted octanol–water partition coefficient (Wildman–Crippen LogP) is 3.97. The van der Waals surface area contributed by atoms with Crippen molar-refractivity contribution in [1.29, 1.82) is 0 Å². The summed E-state index contributed by atoms with van der Waals surface area (Å²) in [5.74, 6) is 0.694. The standard InChI is InChI=1S/C18H20FNO/c1-13-10-16(19)7-6-15(13)12-21-18-5-3-2-4-14(18)11-20-17-8-9-17/h2-7,10,17,20H,8-9,11-12H2,1H3. The number of para-hydroxylation sites is 1. The average Bonchev–Trinajstić information content (AvgIpc) is 3.29. The van der Waals surface area contributed by atoms with E-state index in [9.17, 15) is 4.39 Å². The summed E-state index contributed by atoms with van der Waals surface area (Å²) in [7, 11) is 0. The Hall–Kier alpha value is -1.87. The first kappa shape index (κ1) is 14.1. The van der Waals surface area contributed by atoms with Gasteiger partial charge in [-0.05, 0) is 49.1 Å². The summed E-state index contributed by atoms with van der Waals surface area (Å²) in [6, 6.07) is 13.6. The summed E-state index contributed by atoms with van der Waals surface area (Å²) >= 11 is 0. The molecule has 0 radical (unpaired) electrons. The van der Waals surface area contributed by atoms with Gasteiger partial charge in [-0.25, -0.2) is 4.39 Å². The molecule has 0 spiro atoms. The first-order valence-corrected chi connectivity index (χ1v) is 7.41. The lowest BCUT2D eigenvalue weighted by atomic mass is 10.1. The number of halogens is 1. The van der Waals surface area contributed by atoms with Crippen LogP contribution >= 0.6 is 0 Å². The highest BCUT2D eigenvalue weighted by Gasteiger charge is 2.20. The number of hydrogen-bond donors (Lipinski definition) is 1. The Kier molecular flexibility index (Phi) is 4.20. The van der Waals surface area contributed by atoms with Gasteiger partial charge in [0.2, 0.25) is 0 Å². The molecule has 1 fully saturated rings. The van der Waals surface area contributed by atoms with Crippen LogP contribution in [0.15, 0.2) is 42.5 Å². The van der Waals surface area contributed by atoms with Gasteiger partial charge < -0.3 is 10.1 Å². The fourth-order valence-corrected chi connectivity index (χ4v) is 2.31. The molecule has 110 valence electrons. The number of nitrogens with one attached hydrogen (secondary N) is 1. The molecule has 0 bridgehead atoms. The molecule has 21 heavy (non-hydrogen) atoms. The summed E-state index contributed by atoms with van der Waals surface area (Å²) < 4.78 is 19.0. The third-order valence-corrected chi connectivity index (χ3v) is 3.82. The molecule has 0 unspecified atom stereocenters. The summed E-state index contributed by atoms with van der Waals surface area (Å²) in [6.45, 7) is 3.21. The molecule has 3 heteroatoms. The monoisotopic (exact) mass is 285 g/mol. The van der Waals surface area contributed by atoms with Crippen LogP contribution in [0.2, 0.25) is 0 Å². The third-order valence-electron chi connectivity index (χ3n) is 3.82. The van der Waals surface area contributed by atoms with Crippen molar-refractivity contribution in [2.45, 2.75) is 39.0 Å². The first-order chi connectivity index (χ1) is 10.2. The summed E-state index contributed by atoms with van der Waals surface area (Å²) in [6.07, 6.45) is 2.55. The Bertz CT molecular complexity index is 622. The third kappa shape index (κ3) is 3.82. The average molecular weight is 285 g/mol. The van der Waals surface area contributed by atoms with Crippen molar-refractivity contribution in [3.05, 3.63) is 65.0 Å². The molecule has 0 heterocycles. The molecule has 0 aliphatic heterocycles. The van der Waals surface area contributed by atoms with E-state index in [4.69, 9.17) is 4.74 Å². The minimum absolute atomic E-state index is 0.203. The van der Waals surface area contributed by atoms with Gasteiger partial charge in [-0.1, -0.05) is 24.3 Å². The highest BCUT2D eigenvalue weighted by atomic mass is 19.1. The predicted molar refractivity (Wildman–Crippen MR) is 81.8 cm³/mol. The fraction of sp³-hybridized carbons (Fsp3) is 0.333. The van der Waals surface area contributed by atoms with Crippen molar-refractivity contribution in [2.24, 2.45) is 0 Å². The zero-order chi connectivity index (χ0) is 14.7. The second kappa shape index (κ2) is 6.27. The summed E-state index contributed by atoms with van der Waals surface area (Å²) in [4.78, 5) is 0. The van der Waals surface area contributed by atoms with E-state index >= 15 is 0 Å². The van der Waals surface area contributed by atoms with Crippen LogP contribution in [0.4, 0.5) is 4.39 Å². The quantitative estimate of drug-likeness (QED) is 0.867. The topological polar surface area (TPSA) is 21.3 Å². The second-order valence-electron chi connectivity index (χ2n) is 5.62. The van der Waals surface area contributed by atoms with E-state index in [-0.39, 0.29) is 5.82 Å². The van der Waals surface area contributed by atoms with E-state index in [0.29, 0.717) is 12.6 Å². The van der Waals surface area contributed by atoms with Crippen molar-refractivity contribution < 1.29 is 9.13 Å². The van der Waals surface area contributed by atoms with E-state index in [2.05, 4.69) is 11.4 Å². The zero-order valence-corrected chi connectivity index (χ0v) is 12.2. The van der Waals surface area contributed by atoms with Crippen molar-refractivity contribution in [3.63, 3.8) is 0 Å². The van der Waals surface area contributed by atoms with Crippen molar-refractivity contribution in [3.8, 4) is 5.75 Å². The van der Waals surface area contributed by atoms with Gasteiger partial charge in [-0.3, -0.25) is 0 Å². The molecule has 3 rings (SSSR count). The van der Waals surface area contributed by atoms with E-state index in [1.54, 1.807) is 12.1 Å². The minimum Gasteiger partial charge on any atom is -0.489 e. The van der Waals surface area contributed by atoms with Gasteiger partial charge in [0, 0.05) is 18.2 Å². The van der Waals surface area contributed by atoms with Gasteiger partial charge in [-0.15, -0.1) is 0 Å². The smallest absolute Gasteiger partial charge is 0.124 e. The molecular formula is C18H20FNO. The number of rotatable bonds is 6. The minimum atomic E-state index is -0.203. The number of benzene rings is 2. The van der Waals surface area contributed by atoms with Gasteiger partial charge >= 0.3 is 0 Å². The normalized spacial score (nSPS) is 14.2. The van der Waals surface area contributed by atoms with Gasteiger partial charge in [-0.2, -0.15) is 0 Å². The molecule has 1 N–H and O–H groups in total. The maximum Gasteiger partial charge on any atom is 0.124 e. The van der Waals surface area contributed by atoms with Crippen LogP contribution in [0.25, 0.3) is 0 Å². The molecule has 1 saturated carbocycles. The molecule has 2 nitrogen and oxygen atoms in total. The molecular weight excluding hydrogens is 265 g/mol. The summed E-state index contributed by atoms with van der Waals surface area (Å²) in [5, 5.41) is 3.50. The lowest BCUT2D eigenvalue weighted by molar-refractivity contribution is 0.301. The van der Waals surface area contributed by atoms with Crippen molar-refractivity contribution in [1.82, 2.24) is 5.32 Å². The Morgan fingerprint density at radius 2 is 1.95 bits per heavy atom. The highest BCUT2D eigenvalue weighted by molar-refractivity contribution is 5.34.